The average molecular weight is 204 g/mol. The van der Waals surface area contributed by atoms with Crippen LogP contribution in [0.15, 0.2) is 24.3 Å². The van der Waals surface area contributed by atoms with E-state index in [9.17, 15) is 4.39 Å². The lowest BCUT2D eigenvalue weighted by Gasteiger charge is -2.27. The quantitative estimate of drug-likeness (QED) is 0.759. The molecular formula is C12H13FN2. The van der Waals surface area contributed by atoms with E-state index in [0.29, 0.717) is 0 Å². The number of hydrogen-bond acceptors (Lipinski definition) is 2. The van der Waals surface area contributed by atoms with Crippen LogP contribution in [0.2, 0.25) is 0 Å². The molecule has 1 fully saturated rings. The van der Waals surface area contributed by atoms with Gasteiger partial charge >= 0.3 is 0 Å². The highest BCUT2D eigenvalue weighted by atomic mass is 19.1. The Morgan fingerprint density at radius 2 is 2.33 bits per heavy atom. The van der Waals surface area contributed by atoms with E-state index < -0.39 is 0 Å². The number of nitrogens with one attached hydrogen (secondary N) is 1. The lowest BCUT2D eigenvalue weighted by molar-refractivity contribution is 0.386. The minimum absolute atomic E-state index is 0.00745. The molecule has 2 nitrogen and oxygen atoms in total. The molecule has 0 saturated carbocycles. The van der Waals surface area contributed by atoms with E-state index in [4.69, 9.17) is 5.26 Å². The summed E-state index contributed by atoms with van der Waals surface area (Å²) in [7, 11) is 0. The Labute approximate surface area is 88.7 Å². The minimum Gasteiger partial charge on any atom is -0.316 e. The van der Waals surface area contributed by atoms with Gasteiger partial charge in [-0.15, -0.1) is 0 Å². The van der Waals surface area contributed by atoms with Crippen LogP contribution in [0.5, 0.6) is 0 Å². The van der Waals surface area contributed by atoms with Gasteiger partial charge in [0.25, 0.3) is 0 Å². The summed E-state index contributed by atoms with van der Waals surface area (Å²) in [5.74, 6) is -0.0951. The van der Waals surface area contributed by atoms with Crippen molar-refractivity contribution in [3.05, 3.63) is 35.6 Å². The number of nitriles is 1. The van der Waals surface area contributed by atoms with Gasteiger partial charge in [-0.2, -0.15) is 5.26 Å². The van der Waals surface area contributed by atoms with Crippen molar-refractivity contribution in [3.63, 3.8) is 0 Å². The van der Waals surface area contributed by atoms with Crippen molar-refractivity contribution in [2.45, 2.75) is 12.3 Å². The standard InChI is InChI=1S/C12H13FN2/c13-11-3-1-2-9(6-11)12-8-15-5-4-10(12)7-14/h1-3,6,10,12,15H,4-5,8H2. The van der Waals surface area contributed by atoms with E-state index in [1.165, 1.54) is 12.1 Å². The molecule has 1 heterocycles. The first-order valence-corrected chi connectivity index (χ1v) is 5.17. The van der Waals surface area contributed by atoms with E-state index in [2.05, 4.69) is 11.4 Å². The third-order valence-electron chi connectivity index (χ3n) is 2.92. The lowest BCUT2D eigenvalue weighted by Crippen LogP contribution is -2.34. The van der Waals surface area contributed by atoms with Crippen LogP contribution in [0.25, 0.3) is 0 Å². The van der Waals surface area contributed by atoms with Crippen LogP contribution in [-0.4, -0.2) is 13.1 Å². The summed E-state index contributed by atoms with van der Waals surface area (Å²) >= 11 is 0. The van der Waals surface area contributed by atoms with Gasteiger partial charge in [-0.05, 0) is 30.7 Å². The van der Waals surface area contributed by atoms with Gasteiger partial charge in [0, 0.05) is 12.5 Å². The molecule has 1 saturated heterocycles. The molecule has 1 aliphatic rings. The third kappa shape index (κ3) is 2.16. The normalized spacial score (nSPS) is 25.9. The second kappa shape index (κ2) is 4.41. The molecule has 0 aliphatic carbocycles. The molecule has 0 amide bonds. The van der Waals surface area contributed by atoms with Crippen LogP contribution in [0.4, 0.5) is 4.39 Å². The van der Waals surface area contributed by atoms with Crippen LogP contribution >= 0.6 is 0 Å². The molecule has 0 bridgehead atoms. The van der Waals surface area contributed by atoms with Crippen molar-refractivity contribution in [2.24, 2.45) is 5.92 Å². The molecule has 1 N–H and O–H groups in total. The minimum atomic E-state index is -0.227. The van der Waals surface area contributed by atoms with Crippen molar-refractivity contribution in [3.8, 4) is 6.07 Å². The van der Waals surface area contributed by atoms with Crippen molar-refractivity contribution < 1.29 is 4.39 Å². The van der Waals surface area contributed by atoms with Crippen LogP contribution in [0.1, 0.15) is 17.9 Å². The van der Waals surface area contributed by atoms with E-state index in [1.54, 1.807) is 6.07 Å². The highest BCUT2D eigenvalue weighted by Crippen LogP contribution is 2.28. The van der Waals surface area contributed by atoms with Gasteiger partial charge in [-0.1, -0.05) is 12.1 Å². The number of rotatable bonds is 1. The van der Waals surface area contributed by atoms with Crippen molar-refractivity contribution in [2.75, 3.05) is 13.1 Å². The molecule has 1 aliphatic heterocycles. The first-order chi connectivity index (χ1) is 7.31. The Kier molecular flexibility index (Phi) is 2.98. The first-order valence-electron chi connectivity index (χ1n) is 5.17. The van der Waals surface area contributed by atoms with Crippen LogP contribution in [0, 0.1) is 23.1 Å². The van der Waals surface area contributed by atoms with Gasteiger partial charge in [0.05, 0.1) is 12.0 Å². The zero-order valence-corrected chi connectivity index (χ0v) is 8.41. The van der Waals surface area contributed by atoms with Crippen molar-refractivity contribution in [1.29, 1.82) is 5.26 Å². The van der Waals surface area contributed by atoms with Gasteiger partial charge in [0.15, 0.2) is 0 Å². The molecule has 1 aromatic carbocycles. The zero-order chi connectivity index (χ0) is 10.7. The van der Waals surface area contributed by atoms with Crippen LogP contribution in [-0.2, 0) is 0 Å². The number of piperidine rings is 1. The summed E-state index contributed by atoms with van der Waals surface area (Å²) < 4.78 is 13.0. The Hall–Kier alpha value is -1.40. The second-order valence-corrected chi connectivity index (χ2v) is 3.89. The Balaban J connectivity index is 2.25. The van der Waals surface area contributed by atoms with E-state index in [1.807, 2.05) is 6.07 Å². The van der Waals surface area contributed by atoms with Crippen LogP contribution < -0.4 is 5.32 Å². The number of hydrogen-bond donors (Lipinski definition) is 1. The van der Waals surface area contributed by atoms with Gasteiger partial charge in [0.2, 0.25) is 0 Å². The number of halogens is 1. The summed E-state index contributed by atoms with van der Waals surface area (Å²) in [4.78, 5) is 0. The summed E-state index contributed by atoms with van der Waals surface area (Å²) in [6.07, 6.45) is 0.845. The van der Waals surface area contributed by atoms with Gasteiger partial charge in [-0.25, -0.2) is 4.39 Å². The van der Waals surface area contributed by atoms with E-state index in [0.717, 1.165) is 25.1 Å². The maximum absolute atomic E-state index is 13.0. The number of nitrogens with zero attached hydrogens (tertiary/aromatic N) is 1. The van der Waals surface area contributed by atoms with Crippen molar-refractivity contribution >= 4 is 0 Å². The second-order valence-electron chi connectivity index (χ2n) is 3.89. The summed E-state index contributed by atoms with van der Waals surface area (Å²) in [5, 5.41) is 12.3. The maximum Gasteiger partial charge on any atom is 0.123 e. The largest absolute Gasteiger partial charge is 0.316 e. The van der Waals surface area contributed by atoms with Crippen LogP contribution in [0.3, 0.4) is 0 Å². The fourth-order valence-corrected chi connectivity index (χ4v) is 2.10. The van der Waals surface area contributed by atoms with E-state index in [-0.39, 0.29) is 17.7 Å². The molecule has 3 heteroatoms. The Bertz CT molecular complexity index is 383. The molecule has 78 valence electrons. The molecule has 2 unspecified atom stereocenters. The predicted octanol–water partition coefficient (Wildman–Crippen LogP) is 2.04. The average Bonchev–Trinajstić information content (AvgIpc) is 2.29. The highest BCUT2D eigenvalue weighted by molar-refractivity contribution is 5.24. The maximum atomic E-state index is 13.0. The molecular weight excluding hydrogens is 191 g/mol. The summed E-state index contributed by atoms with van der Waals surface area (Å²) in [5.41, 5.74) is 0.925. The molecule has 0 aromatic heterocycles. The molecule has 0 spiro atoms. The summed E-state index contributed by atoms with van der Waals surface area (Å²) in [6, 6.07) is 8.87. The zero-order valence-electron chi connectivity index (χ0n) is 8.41. The van der Waals surface area contributed by atoms with Gasteiger partial charge in [-0.3, -0.25) is 0 Å². The first kappa shape index (κ1) is 10.1. The lowest BCUT2D eigenvalue weighted by atomic mass is 9.82. The SMILES string of the molecule is N#CC1CCNCC1c1cccc(F)c1. The fraction of sp³-hybridized carbons (Fsp3) is 0.417. The third-order valence-corrected chi connectivity index (χ3v) is 2.92. The highest BCUT2D eigenvalue weighted by Gasteiger charge is 2.26. The Morgan fingerprint density at radius 3 is 3.07 bits per heavy atom. The fourth-order valence-electron chi connectivity index (χ4n) is 2.10. The Morgan fingerprint density at radius 1 is 1.47 bits per heavy atom. The predicted molar refractivity (Wildman–Crippen MR) is 55.7 cm³/mol. The topological polar surface area (TPSA) is 35.8 Å². The van der Waals surface area contributed by atoms with Gasteiger partial charge in [0.1, 0.15) is 5.82 Å². The van der Waals surface area contributed by atoms with E-state index >= 15 is 0 Å². The monoisotopic (exact) mass is 204 g/mol. The molecule has 15 heavy (non-hydrogen) atoms. The van der Waals surface area contributed by atoms with Crippen molar-refractivity contribution in [1.82, 2.24) is 5.32 Å². The number of benzene rings is 1. The summed E-state index contributed by atoms with van der Waals surface area (Å²) in [6.45, 7) is 1.64. The van der Waals surface area contributed by atoms with Gasteiger partial charge < -0.3 is 5.32 Å². The smallest absolute Gasteiger partial charge is 0.123 e. The molecule has 1 aromatic rings. The molecule has 2 atom stereocenters. The molecule has 0 radical (unpaired) electrons. The molecule has 2 rings (SSSR count).